The van der Waals surface area contributed by atoms with E-state index >= 15 is 0 Å². The molecule has 2 aliphatic rings. The first-order valence-electron chi connectivity index (χ1n) is 9.43. The number of amides is 1. The van der Waals surface area contributed by atoms with Crippen molar-refractivity contribution in [3.63, 3.8) is 0 Å². The lowest BCUT2D eigenvalue weighted by atomic mass is 9.93. The van der Waals surface area contributed by atoms with E-state index in [1.807, 2.05) is 7.05 Å². The van der Waals surface area contributed by atoms with Gasteiger partial charge in [0.25, 0.3) is 0 Å². The minimum absolute atomic E-state index is 0.00721. The highest BCUT2D eigenvalue weighted by atomic mass is 16.2. The molecule has 24 heavy (non-hydrogen) atoms. The number of nitrogens with zero attached hydrogens (tertiary/aromatic N) is 2. The Hall–Kier alpha value is -1.39. The van der Waals surface area contributed by atoms with E-state index in [0.717, 1.165) is 57.9 Å². The zero-order valence-electron chi connectivity index (χ0n) is 15.1. The molecule has 0 aromatic heterocycles. The Morgan fingerprint density at radius 1 is 1.21 bits per heavy atom. The molecule has 1 fully saturated rings. The van der Waals surface area contributed by atoms with Gasteiger partial charge in [0.05, 0.1) is 6.04 Å². The van der Waals surface area contributed by atoms with Gasteiger partial charge in [0.1, 0.15) is 0 Å². The molecule has 1 amide bonds. The van der Waals surface area contributed by atoms with Gasteiger partial charge in [-0.1, -0.05) is 24.3 Å². The highest BCUT2D eigenvalue weighted by molar-refractivity contribution is 5.81. The molecule has 3 rings (SSSR count). The van der Waals surface area contributed by atoms with E-state index in [-0.39, 0.29) is 6.04 Å². The molecule has 1 saturated heterocycles. The number of benzene rings is 1. The third-order valence-corrected chi connectivity index (χ3v) is 5.79. The van der Waals surface area contributed by atoms with Crippen LogP contribution in [-0.4, -0.2) is 55.0 Å². The quantitative estimate of drug-likeness (QED) is 0.900. The lowest BCUT2D eigenvalue weighted by Gasteiger charge is -2.38. The first-order valence-corrected chi connectivity index (χ1v) is 9.43. The summed E-state index contributed by atoms with van der Waals surface area (Å²) in [5.41, 5.74) is 2.83. The maximum absolute atomic E-state index is 12.9. The van der Waals surface area contributed by atoms with Crippen LogP contribution < -0.4 is 5.32 Å². The van der Waals surface area contributed by atoms with E-state index < -0.39 is 0 Å². The number of hydrogen-bond acceptors (Lipinski definition) is 3. The number of fused-ring (bicyclic) bond motifs is 1. The zero-order valence-corrected chi connectivity index (χ0v) is 15.1. The maximum Gasteiger partial charge on any atom is 0.239 e. The molecule has 0 spiro atoms. The Kier molecular flexibility index (Phi) is 5.90. The van der Waals surface area contributed by atoms with Crippen molar-refractivity contribution >= 4 is 5.91 Å². The van der Waals surface area contributed by atoms with Crippen LogP contribution in [0.3, 0.4) is 0 Å². The van der Waals surface area contributed by atoms with E-state index in [1.54, 1.807) is 0 Å². The third-order valence-electron chi connectivity index (χ3n) is 5.79. The Morgan fingerprint density at radius 2 is 1.92 bits per heavy atom. The molecule has 1 N–H and O–H groups in total. The van der Waals surface area contributed by atoms with Crippen molar-refractivity contribution in [3.05, 3.63) is 35.4 Å². The molecule has 0 aliphatic carbocycles. The first-order chi connectivity index (χ1) is 11.7. The summed E-state index contributed by atoms with van der Waals surface area (Å²) in [6, 6.07) is 8.62. The van der Waals surface area contributed by atoms with Gasteiger partial charge in [0.2, 0.25) is 5.91 Å². The molecule has 1 aromatic carbocycles. The average molecular weight is 329 g/mol. The van der Waals surface area contributed by atoms with E-state index in [0.29, 0.717) is 5.91 Å². The van der Waals surface area contributed by atoms with Crippen LogP contribution in [0.25, 0.3) is 0 Å². The normalized spacial score (nSPS) is 20.7. The second kappa shape index (κ2) is 8.13. The number of likely N-dealkylation sites (tertiary alicyclic amines) is 1. The number of piperidine rings is 1. The Morgan fingerprint density at radius 3 is 2.62 bits per heavy atom. The molecule has 1 unspecified atom stereocenters. The largest absolute Gasteiger partial charge is 0.341 e. The van der Waals surface area contributed by atoms with E-state index in [9.17, 15) is 4.79 Å². The lowest BCUT2D eigenvalue weighted by Crippen LogP contribution is -2.50. The highest BCUT2D eigenvalue weighted by Gasteiger charge is 2.30. The maximum atomic E-state index is 12.9. The minimum Gasteiger partial charge on any atom is -0.341 e. The molecule has 0 saturated carbocycles. The van der Waals surface area contributed by atoms with Gasteiger partial charge in [-0.15, -0.1) is 0 Å². The molecule has 4 nitrogen and oxygen atoms in total. The van der Waals surface area contributed by atoms with Gasteiger partial charge in [-0.25, -0.2) is 0 Å². The summed E-state index contributed by atoms with van der Waals surface area (Å²) in [6.45, 7) is 6.93. The zero-order chi connectivity index (χ0) is 16.9. The lowest BCUT2D eigenvalue weighted by molar-refractivity contribution is -0.138. The van der Waals surface area contributed by atoms with Crippen LogP contribution in [0.1, 0.15) is 37.3 Å². The number of hydrogen-bond donors (Lipinski definition) is 1. The van der Waals surface area contributed by atoms with Gasteiger partial charge in [0.15, 0.2) is 0 Å². The number of carbonyl (C=O) groups excluding carboxylic acids is 1. The number of rotatable bonds is 5. The van der Waals surface area contributed by atoms with E-state index in [1.165, 1.54) is 17.5 Å². The fraction of sp³-hybridized carbons (Fsp3) is 0.650. The number of nitrogens with one attached hydrogen (secondary N) is 1. The van der Waals surface area contributed by atoms with Crippen molar-refractivity contribution in [2.45, 2.75) is 45.2 Å². The molecule has 1 aromatic rings. The predicted octanol–water partition coefficient (Wildman–Crippen LogP) is 2.28. The monoisotopic (exact) mass is 329 g/mol. The standard InChI is InChI=1S/C20H31N3O/c1-16(23-14-10-18-5-3-4-6-19(18)15-23)20(24)22-12-8-17(9-13-22)7-11-21-2/h3-6,16-17,21H,7-15H2,1-2H3. The fourth-order valence-corrected chi connectivity index (χ4v) is 4.06. The summed E-state index contributed by atoms with van der Waals surface area (Å²) >= 11 is 0. The highest BCUT2D eigenvalue weighted by Crippen LogP contribution is 2.24. The Bertz CT molecular complexity index is 552. The molecule has 2 aliphatic heterocycles. The summed E-state index contributed by atoms with van der Waals surface area (Å²) < 4.78 is 0. The van der Waals surface area contributed by atoms with Gasteiger partial charge in [-0.2, -0.15) is 0 Å². The topological polar surface area (TPSA) is 35.6 Å². The van der Waals surface area contributed by atoms with Crippen molar-refractivity contribution < 1.29 is 4.79 Å². The van der Waals surface area contributed by atoms with Gasteiger partial charge in [0, 0.05) is 26.2 Å². The van der Waals surface area contributed by atoms with Gasteiger partial charge in [-0.05, 0) is 63.2 Å². The van der Waals surface area contributed by atoms with Crippen LogP contribution in [-0.2, 0) is 17.8 Å². The van der Waals surface area contributed by atoms with Gasteiger partial charge >= 0.3 is 0 Å². The molecule has 4 heteroatoms. The van der Waals surface area contributed by atoms with Crippen LogP contribution >= 0.6 is 0 Å². The molecular weight excluding hydrogens is 298 g/mol. The van der Waals surface area contributed by atoms with Crippen LogP contribution in [0.2, 0.25) is 0 Å². The van der Waals surface area contributed by atoms with Gasteiger partial charge < -0.3 is 10.2 Å². The number of carbonyl (C=O) groups is 1. The Labute approximate surface area is 146 Å². The summed E-state index contributed by atoms with van der Waals surface area (Å²) in [7, 11) is 2.01. The summed E-state index contributed by atoms with van der Waals surface area (Å²) in [6.07, 6.45) is 4.60. The van der Waals surface area contributed by atoms with Gasteiger partial charge in [-0.3, -0.25) is 9.69 Å². The average Bonchev–Trinajstić information content (AvgIpc) is 2.65. The smallest absolute Gasteiger partial charge is 0.239 e. The summed E-state index contributed by atoms with van der Waals surface area (Å²) in [5.74, 6) is 1.10. The molecule has 1 atom stereocenters. The SMILES string of the molecule is CNCCC1CCN(C(=O)C(C)N2CCc3ccccc3C2)CC1. The van der Waals surface area contributed by atoms with Crippen molar-refractivity contribution in [1.82, 2.24) is 15.1 Å². The second-order valence-corrected chi connectivity index (χ2v) is 7.33. The molecule has 2 heterocycles. The fourth-order valence-electron chi connectivity index (χ4n) is 4.06. The van der Waals surface area contributed by atoms with Crippen molar-refractivity contribution in [1.29, 1.82) is 0 Å². The van der Waals surface area contributed by atoms with Crippen LogP contribution in [0.5, 0.6) is 0 Å². The molecule has 132 valence electrons. The van der Waals surface area contributed by atoms with E-state index in [4.69, 9.17) is 0 Å². The summed E-state index contributed by atoms with van der Waals surface area (Å²) in [4.78, 5) is 17.3. The molecular formula is C20H31N3O. The molecule has 0 radical (unpaired) electrons. The first kappa shape index (κ1) is 17.4. The third kappa shape index (κ3) is 3.98. The van der Waals surface area contributed by atoms with Crippen molar-refractivity contribution in [2.24, 2.45) is 5.92 Å². The van der Waals surface area contributed by atoms with Crippen LogP contribution in [0.4, 0.5) is 0 Å². The summed E-state index contributed by atoms with van der Waals surface area (Å²) in [5, 5.41) is 3.23. The van der Waals surface area contributed by atoms with Crippen LogP contribution in [0, 0.1) is 5.92 Å². The van der Waals surface area contributed by atoms with E-state index in [2.05, 4.69) is 46.3 Å². The predicted molar refractivity (Wildman–Crippen MR) is 97.9 cm³/mol. The minimum atomic E-state index is -0.00721. The van der Waals surface area contributed by atoms with Crippen molar-refractivity contribution in [2.75, 3.05) is 33.2 Å². The molecule has 0 bridgehead atoms. The second-order valence-electron chi connectivity index (χ2n) is 7.33. The van der Waals surface area contributed by atoms with Crippen molar-refractivity contribution in [3.8, 4) is 0 Å². The van der Waals surface area contributed by atoms with Crippen LogP contribution in [0.15, 0.2) is 24.3 Å². The Balaban J connectivity index is 1.53.